The Kier molecular flexibility index (Phi) is 3.77. The normalized spacial score (nSPS) is 15.6. The number of carbonyl (C=O) groups is 3. The van der Waals surface area contributed by atoms with Crippen LogP contribution in [0.5, 0.6) is 5.75 Å². The summed E-state index contributed by atoms with van der Waals surface area (Å²) < 4.78 is 36.7. The number of hydrogen-bond acceptors (Lipinski definition) is 5. The number of carboxylic acids is 1. The van der Waals surface area contributed by atoms with Crippen LogP contribution in [0.3, 0.4) is 0 Å². The van der Waals surface area contributed by atoms with Crippen LogP contribution in [0, 0.1) is 0 Å². The molecule has 0 spiro atoms. The Labute approximate surface area is 132 Å². The van der Waals surface area contributed by atoms with E-state index >= 15 is 0 Å². The lowest BCUT2D eigenvalue weighted by molar-refractivity contribution is -0.140. The van der Waals surface area contributed by atoms with Crippen LogP contribution in [0.1, 0.15) is 20.6 Å². The van der Waals surface area contributed by atoms with Gasteiger partial charge >= 0.3 is 5.97 Å². The zero-order valence-electron chi connectivity index (χ0n) is 15.9. The smallest absolute Gasteiger partial charge is 0.327 e. The van der Waals surface area contributed by atoms with Crippen LogP contribution in [0.4, 0.5) is 5.69 Å². The molecule has 1 aromatic rings. The highest BCUT2D eigenvalue weighted by Gasteiger charge is 2.19. The van der Waals surface area contributed by atoms with Gasteiger partial charge in [-0.2, -0.15) is 0 Å². The molecular weight excluding hydrogens is 296 g/mol. The van der Waals surface area contributed by atoms with E-state index in [1.165, 1.54) is 0 Å². The molecule has 7 nitrogen and oxygen atoms in total. The lowest BCUT2D eigenvalue weighted by atomic mass is 10.3. The van der Waals surface area contributed by atoms with Crippen molar-refractivity contribution < 1.29 is 31.5 Å². The number of hydrogen-bond donors (Lipinski definition) is 4. The maximum absolute atomic E-state index is 11.6. The molecule has 0 bridgehead atoms. The molecule has 8 heteroatoms. The second kappa shape index (κ2) is 7.53. The van der Waals surface area contributed by atoms with Crippen LogP contribution in [-0.4, -0.2) is 39.8 Å². The van der Waals surface area contributed by atoms with E-state index in [0.717, 1.165) is 13.0 Å². The lowest BCUT2D eigenvalue weighted by Gasteiger charge is -2.14. The average molecular weight is 317 g/mol. The number of aliphatic carboxylic acids is 1. The Morgan fingerprint density at radius 1 is 1.48 bits per heavy atom. The van der Waals surface area contributed by atoms with Crippen molar-refractivity contribution in [3.05, 3.63) is 18.2 Å². The summed E-state index contributed by atoms with van der Waals surface area (Å²) in [5.41, 5.74) is -0.433. The van der Waals surface area contributed by atoms with Gasteiger partial charge in [0.15, 0.2) is 0 Å². The van der Waals surface area contributed by atoms with Crippen molar-refractivity contribution in [3.8, 4) is 5.75 Å². The molecule has 1 aromatic carbocycles. The Bertz CT molecular complexity index is 741. The molecule has 4 N–H and O–H groups in total. The number of carboxylic acid groups (broad SMARTS) is 1. The van der Waals surface area contributed by atoms with Crippen LogP contribution < -0.4 is 10.6 Å². The molecular formula is C13H16N2O5S. The molecule has 0 aliphatic rings. The number of thioether (sulfide) groups is 1. The van der Waals surface area contributed by atoms with Gasteiger partial charge in [0.25, 0.3) is 0 Å². The highest BCUT2D eigenvalue weighted by molar-refractivity contribution is 7.99. The summed E-state index contributed by atoms with van der Waals surface area (Å²) in [5.74, 6) is -4.07. The minimum absolute atomic E-state index is 0.168. The van der Waals surface area contributed by atoms with E-state index in [1.54, 1.807) is 0 Å². The first kappa shape index (κ1) is 10.5. The Morgan fingerprint density at radius 2 is 2.19 bits per heavy atom. The number of nitrogens with one attached hydrogen (secondary N) is 2. The third-order valence-corrected chi connectivity index (χ3v) is 3.23. The molecule has 0 aromatic heterocycles. The summed E-state index contributed by atoms with van der Waals surface area (Å²) in [4.78, 5) is 33.5. The predicted molar refractivity (Wildman–Crippen MR) is 78.4 cm³/mol. The maximum atomic E-state index is 11.6. The standard InChI is InChI=1S/C13H16N2O5S/c1-7(16)14-9-3-4-11(18)12(5-9)21-6-10(13(19)20)15-8(2)17/h3-5,10,18H,6H2,1-2H3,(H,14,16)(H,15,17)(H,19,20)/i1D3,3D,5D. The Hall–Kier alpha value is -2.22. The van der Waals surface area contributed by atoms with E-state index < -0.39 is 54.2 Å². The van der Waals surface area contributed by atoms with Gasteiger partial charge in [0.05, 0.1) is 7.64 Å². The number of phenolic OH excluding ortho intramolecular Hbond substituents is 1. The van der Waals surface area contributed by atoms with E-state index in [1.807, 2.05) is 5.32 Å². The summed E-state index contributed by atoms with van der Waals surface area (Å²) in [6.45, 7) is -1.87. The first-order chi connectivity index (χ1) is 11.8. The van der Waals surface area contributed by atoms with Gasteiger partial charge < -0.3 is 20.8 Å². The van der Waals surface area contributed by atoms with E-state index in [0.29, 0.717) is 11.8 Å². The molecule has 1 rings (SSSR count). The van der Waals surface area contributed by atoms with Gasteiger partial charge in [-0.15, -0.1) is 11.8 Å². The van der Waals surface area contributed by atoms with Gasteiger partial charge in [0.2, 0.25) is 11.8 Å². The molecule has 21 heavy (non-hydrogen) atoms. The van der Waals surface area contributed by atoms with Crippen molar-refractivity contribution in [2.24, 2.45) is 0 Å². The summed E-state index contributed by atoms with van der Waals surface area (Å²) in [6, 6.07) is -1.42. The summed E-state index contributed by atoms with van der Waals surface area (Å²) in [6.07, 6.45) is 0. The van der Waals surface area contributed by atoms with Gasteiger partial charge in [-0.25, -0.2) is 4.79 Å². The second-order valence-electron chi connectivity index (χ2n) is 3.86. The molecule has 0 aliphatic heterocycles. The first-order valence-electron chi connectivity index (χ1n) is 8.12. The number of aromatic hydroxyl groups is 1. The van der Waals surface area contributed by atoms with Crippen molar-refractivity contribution in [1.29, 1.82) is 0 Å². The van der Waals surface area contributed by atoms with Crippen molar-refractivity contribution in [2.45, 2.75) is 24.7 Å². The third kappa shape index (κ3) is 5.74. The Morgan fingerprint density at radius 3 is 2.76 bits per heavy atom. The highest BCUT2D eigenvalue weighted by atomic mass is 32.2. The van der Waals surface area contributed by atoms with Gasteiger partial charge in [0, 0.05) is 29.3 Å². The molecule has 1 atom stereocenters. The fourth-order valence-corrected chi connectivity index (χ4v) is 2.24. The van der Waals surface area contributed by atoms with Gasteiger partial charge in [-0.1, -0.05) is 0 Å². The number of carbonyl (C=O) groups excluding carboxylic acids is 2. The van der Waals surface area contributed by atoms with Gasteiger partial charge in [-0.05, 0) is 18.2 Å². The fourth-order valence-electron chi connectivity index (χ4n) is 1.30. The number of amides is 2. The quantitative estimate of drug-likeness (QED) is 0.460. The van der Waals surface area contributed by atoms with E-state index in [-0.39, 0.29) is 10.6 Å². The molecule has 0 radical (unpaired) electrons. The Balaban J connectivity index is 3.12. The molecule has 0 saturated carbocycles. The number of rotatable bonds is 6. The molecule has 0 aliphatic carbocycles. The highest BCUT2D eigenvalue weighted by Crippen LogP contribution is 2.31. The molecule has 0 heterocycles. The SMILES string of the molecule is [2H]c1cc(O)c(SCC(NC(C)=O)C(=O)O)c([2H])c1NC(=O)C([2H])([2H])[2H]. The van der Waals surface area contributed by atoms with E-state index in [2.05, 4.69) is 5.32 Å². The number of anilines is 1. The largest absolute Gasteiger partial charge is 0.507 e. The third-order valence-electron chi connectivity index (χ3n) is 2.13. The monoisotopic (exact) mass is 317 g/mol. The maximum Gasteiger partial charge on any atom is 0.327 e. The average Bonchev–Trinajstić information content (AvgIpc) is 2.48. The van der Waals surface area contributed by atoms with Crippen LogP contribution >= 0.6 is 11.8 Å². The second-order valence-corrected chi connectivity index (χ2v) is 4.89. The lowest BCUT2D eigenvalue weighted by Crippen LogP contribution is -2.41. The molecule has 1 unspecified atom stereocenters. The molecule has 0 saturated heterocycles. The molecule has 0 fully saturated rings. The van der Waals surface area contributed by atoms with Crippen LogP contribution in [0.25, 0.3) is 0 Å². The predicted octanol–water partition coefficient (Wildman–Crippen LogP) is 1.03. The summed E-state index contributed by atoms with van der Waals surface area (Å²) >= 11 is 0.701. The van der Waals surface area contributed by atoms with Crippen molar-refractivity contribution >= 4 is 35.2 Å². The minimum atomic E-state index is -3.00. The van der Waals surface area contributed by atoms with Crippen LogP contribution in [0.15, 0.2) is 23.0 Å². The van der Waals surface area contributed by atoms with Crippen molar-refractivity contribution in [2.75, 3.05) is 11.1 Å². The van der Waals surface area contributed by atoms with E-state index in [4.69, 9.17) is 12.0 Å². The number of phenols is 1. The van der Waals surface area contributed by atoms with Crippen molar-refractivity contribution in [3.63, 3.8) is 0 Å². The summed E-state index contributed by atoms with van der Waals surface area (Å²) in [7, 11) is 0. The van der Waals surface area contributed by atoms with E-state index in [9.17, 15) is 19.5 Å². The van der Waals surface area contributed by atoms with Crippen LogP contribution in [-0.2, 0) is 14.4 Å². The number of benzene rings is 1. The van der Waals surface area contributed by atoms with Gasteiger partial charge in [0.1, 0.15) is 11.8 Å². The molecule has 114 valence electrons. The zero-order chi connectivity index (χ0) is 20.2. The molecule has 2 amide bonds. The van der Waals surface area contributed by atoms with Gasteiger partial charge in [-0.3, -0.25) is 9.59 Å². The fraction of sp³-hybridized carbons (Fsp3) is 0.308. The minimum Gasteiger partial charge on any atom is -0.507 e. The summed E-state index contributed by atoms with van der Waals surface area (Å²) in [5, 5.41) is 23.1. The van der Waals surface area contributed by atoms with Crippen molar-refractivity contribution in [1.82, 2.24) is 5.32 Å². The zero-order valence-corrected chi connectivity index (χ0v) is 11.7. The first-order valence-corrected chi connectivity index (χ1v) is 6.60. The topological polar surface area (TPSA) is 116 Å². The van der Waals surface area contributed by atoms with Crippen LogP contribution in [0.2, 0.25) is 0 Å².